The van der Waals surface area contributed by atoms with Crippen LogP contribution in [-0.2, 0) is 4.79 Å². The van der Waals surface area contributed by atoms with Crippen LogP contribution in [0.15, 0.2) is 18.2 Å². The number of carbonyl (C=O) groups is 1. The maximum Gasteiger partial charge on any atom is 0.241 e. The van der Waals surface area contributed by atoms with E-state index in [-0.39, 0.29) is 17.6 Å². The summed E-state index contributed by atoms with van der Waals surface area (Å²) >= 11 is 5.64. The van der Waals surface area contributed by atoms with Gasteiger partial charge in [0, 0.05) is 5.02 Å². The predicted molar refractivity (Wildman–Crippen MR) is 65.7 cm³/mol. The lowest BCUT2D eigenvalue weighted by Gasteiger charge is -2.22. The molecule has 1 heterocycles. The van der Waals surface area contributed by atoms with Crippen molar-refractivity contribution in [3.63, 3.8) is 0 Å². The van der Waals surface area contributed by atoms with Crippen LogP contribution >= 0.6 is 11.6 Å². The fourth-order valence-electron chi connectivity index (χ4n) is 1.89. The van der Waals surface area contributed by atoms with Crippen molar-refractivity contribution in [3.05, 3.63) is 29.0 Å². The fraction of sp³-hybridized carbons (Fsp3) is 0.417. The number of piperidine rings is 1. The number of halogens is 2. The van der Waals surface area contributed by atoms with E-state index in [1.807, 2.05) is 0 Å². The maximum absolute atomic E-state index is 13.5. The molecule has 2 N–H and O–H groups in total. The third-order valence-electron chi connectivity index (χ3n) is 2.82. The average molecular weight is 257 g/mol. The van der Waals surface area contributed by atoms with Crippen molar-refractivity contribution >= 4 is 23.2 Å². The van der Waals surface area contributed by atoms with Crippen LogP contribution in [0.25, 0.3) is 0 Å². The van der Waals surface area contributed by atoms with Crippen molar-refractivity contribution in [2.45, 2.75) is 25.3 Å². The molecule has 0 aliphatic carbocycles. The standard InChI is InChI=1S/C12H14ClFN2O/c13-8-4-5-10(9(14)7-8)16-12(17)11-3-1-2-6-15-11/h4-5,7,11,15H,1-3,6H2,(H,16,17)/t11-/m0/s1. The van der Waals surface area contributed by atoms with Gasteiger partial charge in [0.1, 0.15) is 5.82 Å². The zero-order valence-corrected chi connectivity index (χ0v) is 10.1. The number of hydrogen-bond acceptors (Lipinski definition) is 2. The molecule has 1 atom stereocenters. The van der Waals surface area contributed by atoms with Crippen LogP contribution in [-0.4, -0.2) is 18.5 Å². The monoisotopic (exact) mass is 256 g/mol. The molecule has 92 valence electrons. The zero-order chi connectivity index (χ0) is 12.3. The van der Waals surface area contributed by atoms with Crippen molar-refractivity contribution in [3.8, 4) is 0 Å². The van der Waals surface area contributed by atoms with E-state index in [1.54, 1.807) is 6.07 Å². The molecule has 3 nitrogen and oxygen atoms in total. The van der Waals surface area contributed by atoms with E-state index >= 15 is 0 Å². The Balaban J connectivity index is 2.02. The third kappa shape index (κ3) is 3.17. The SMILES string of the molecule is O=C(Nc1ccc(Cl)cc1F)[C@@H]1CCCCN1. The second kappa shape index (κ2) is 5.47. The molecule has 1 aromatic carbocycles. The topological polar surface area (TPSA) is 41.1 Å². The second-order valence-corrected chi connectivity index (χ2v) is 4.55. The average Bonchev–Trinajstić information content (AvgIpc) is 2.34. The minimum atomic E-state index is -0.512. The van der Waals surface area contributed by atoms with Crippen molar-refractivity contribution in [1.82, 2.24) is 5.32 Å². The van der Waals surface area contributed by atoms with Gasteiger partial charge in [-0.15, -0.1) is 0 Å². The van der Waals surface area contributed by atoms with Gasteiger partial charge >= 0.3 is 0 Å². The zero-order valence-electron chi connectivity index (χ0n) is 9.30. The first-order valence-corrected chi connectivity index (χ1v) is 6.04. The van der Waals surface area contributed by atoms with Gasteiger partial charge in [0.05, 0.1) is 11.7 Å². The number of nitrogens with one attached hydrogen (secondary N) is 2. The van der Waals surface area contributed by atoms with E-state index in [0.717, 1.165) is 25.8 Å². The molecule has 5 heteroatoms. The van der Waals surface area contributed by atoms with Gasteiger partial charge in [-0.05, 0) is 37.6 Å². The lowest BCUT2D eigenvalue weighted by molar-refractivity contribution is -0.118. The molecule has 1 aromatic rings. The molecule has 0 saturated carbocycles. The van der Waals surface area contributed by atoms with Crippen LogP contribution in [0, 0.1) is 5.82 Å². The minimum Gasteiger partial charge on any atom is -0.322 e. The lowest BCUT2D eigenvalue weighted by Crippen LogP contribution is -2.43. The summed E-state index contributed by atoms with van der Waals surface area (Å²) in [4.78, 5) is 11.8. The Morgan fingerprint density at radius 1 is 1.47 bits per heavy atom. The van der Waals surface area contributed by atoms with Crippen LogP contribution in [0.5, 0.6) is 0 Å². The normalized spacial score (nSPS) is 20.0. The molecule has 0 unspecified atom stereocenters. The number of amides is 1. The van der Waals surface area contributed by atoms with Gasteiger partial charge in [0.15, 0.2) is 0 Å². The number of anilines is 1. The molecular weight excluding hydrogens is 243 g/mol. The Bertz CT molecular complexity index is 419. The molecule has 0 bridgehead atoms. The highest BCUT2D eigenvalue weighted by molar-refractivity contribution is 6.30. The maximum atomic E-state index is 13.5. The minimum absolute atomic E-state index is 0.173. The highest BCUT2D eigenvalue weighted by Crippen LogP contribution is 2.19. The molecule has 1 saturated heterocycles. The molecule has 0 aromatic heterocycles. The summed E-state index contributed by atoms with van der Waals surface area (Å²) < 4.78 is 13.5. The summed E-state index contributed by atoms with van der Waals surface area (Å²) in [6, 6.07) is 3.98. The quantitative estimate of drug-likeness (QED) is 0.854. The second-order valence-electron chi connectivity index (χ2n) is 4.12. The van der Waals surface area contributed by atoms with E-state index in [4.69, 9.17) is 11.6 Å². The fourth-order valence-corrected chi connectivity index (χ4v) is 2.05. The first-order valence-electron chi connectivity index (χ1n) is 5.66. The first kappa shape index (κ1) is 12.3. The molecule has 0 radical (unpaired) electrons. The number of carbonyl (C=O) groups excluding carboxylic acids is 1. The predicted octanol–water partition coefficient (Wildman–Crippen LogP) is 2.56. The van der Waals surface area contributed by atoms with Gasteiger partial charge in [-0.1, -0.05) is 18.0 Å². The Morgan fingerprint density at radius 3 is 2.94 bits per heavy atom. The summed E-state index contributed by atoms with van der Waals surface area (Å²) in [5, 5.41) is 6.00. The van der Waals surface area contributed by atoms with E-state index in [9.17, 15) is 9.18 Å². The molecule has 1 amide bonds. The molecule has 2 rings (SSSR count). The van der Waals surface area contributed by atoms with E-state index in [1.165, 1.54) is 12.1 Å². The Labute approximate surface area is 104 Å². The van der Waals surface area contributed by atoms with Gasteiger partial charge in [0.2, 0.25) is 5.91 Å². The summed E-state index contributed by atoms with van der Waals surface area (Å²) in [6.07, 6.45) is 2.90. The van der Waals surface area contributed by atoms with Gasteiger partial charge in [-0.2, -0.15) is 0 Å². The number of hydrogen-bond donors (Lipinski definition) is 2. The summed E-state index contributed by atoms with van der Waals surface area (Å²) in [6.45, 7) is 0.835. The highest BCUT2D eigenvalue weighted by Gasteiger charge is 2.21. The van der Waals surface area contributed by atoms with E-state index < -0.39 is 5.82 Å². The third-order valence-corrected chi connectivity index (χ3v) is 3.05. The van der Waals surface area contributed by atoms with E-state index in [0.29, 0.717) is 5.02 Å². The summed E-state index contributed by atoms with van der Waals surface area (Å²) in [7, 11) is 0. The first-order chi connectivity index (χ1) is 8.16. The number of benzene rings is 1. The van der Waals surface area contributed by atoms with Crippen molar-refractivity contribution in [2.75, 3.05) is 11.9 Å². The van der Waals surface area contributed by atoms with Crippen LogP contribution in [0.3, 0.4) is 0 Å². The summed E-state index contributed by atoms with van der Waals surface area (Å²) in [5.74, 6) is -0.701. The smallest absolute Gasteiger partial charge is 0.241 e. The Hall–Kier alpha value is -1.13. The largest absolute Gasteiger partial charge is 0.322 e. The molecule has 1 fully saturated rings. The van der Waals surface area contributed by atoms with Crippen molar-refractivity contribution in [2.24, 2.45) is 0 Å². The van der Waals surface area contributed by atoms with Gasteiger partial charge in [0.25, 0.3) is 0 Å². The Kier molecular flexibility index (Phi) is 3.97. The molecule has 1 aliphatic rings. The van der Waals surface area contributed by atoms with Gasteiger partial charge in [-0.25, -0.2) is 4.39 Å². The van der Waals surface area contributed by atoms with E-state index in [2.05, 4.69) is 10.6 Å². The summed E-state index contributed by atoms with van der Waals surface area (Å²) in [5.41, 5.74) is 0.173. The van der Waals surface area contributed by atoms with Crippen molar-refractivity contribution in [1.29, 1.82) is 0 Å². The number of rotatable bonds is 2. The van der Waals surface area contributed by atoms with Gasteiger partial charge < -0.3 is 10.6 Å². The van der Waals surface area contributed by atoms with Crippen molar-refractivity contribution < 1.29 is 9.18 Å². The highest BCUT2D eigenvalue weighted by atomic mass is 35.5. The van der Waals surface area contributed by atoms with Crippen LogP contribution in [0.4, 0.5) is 10.1 Å². The van der Waals surface area contributed by atoms with Crippen LogP contribution in [0.1, 0.15) is 19.3 Å². The molecular formula is C12H14ClFN2O. The lowest BCUT2D eigenvalue weighted by atomic mass is 10.0. The van der Waals surface area contributed by atoms with Crippen LogP contribution < -0.4 is 10.6 Å². The van der Waals surface area contributed by atoms with Crippen LogP contribution in [0.2, 0.25) is 5.02 Å². The molecule has 17 heavy (non-hydrogen) atoms. The molecule has 1 aliphatic heterocycles. The Morgan fingerprint density at radius 2 is 2.29 bits per heavy atom. The van der Waals surface area contributed by atoms with Gasteiger partial charge in [-0.3, -0.25) is 4.79 Å². The molecule has 0 spiro atoms.